The Morgan fingerprint density at radius 2 is 2.17 bits per heavy atom. The van der Waals surface area contributed by atoms with Crippen molar-refractivity contribution >= 4 is 11.0 Å². The minimum Gasteiger partial charge on any atom is -0.458 e. The van der Waals surface area contributed by atoms with Crippen LogP contribution in [0.1, 0.15) is 24.5 Å². The largest absolute Gasteiger partial charge is 0.458 e. The van der Waals surface area contributed by atoms with Gasteiger partial charge in [0.2, 0.25) is 0 Å². The highest BCUT2D eigenvalue weighted by Gasteiger charge is 2.18. The second kappa shape index (κ2) is 4.31. The van der Waals surface area contributed by atoms with Crippen molar-refractivity contribution in [1.82, 2.24) is 9.78 Å². The van der Waals surface area contributed by atoms with Crippen LogP contribution in [0.25, 0.3) is 11.0 Å². The Bertz CT molecular complexity index is 636. The van der Waals surface area contributed by atoms with Crippen molar-refractivity contribution in [3.05, 3.63) is 54.0 Å². The van der Waals surface area contributed by atoms with Gasteiger partial charge in [-0.2, -0.15) is 5.10 Å². The standard InChI is InChI=1S/C14H14N2O2/c1-2-16-11(7-8-15-16)14(17)13-9-10-5-3-4-6-12(10)18-13/h3-9,14,17H,2H2,1H3. The highest BCUT2D eigenvalue weighted by molar-refractivity contribution is 5.77. The first kappa shape index (κ1) is 11.0. The molecule has 2 heterocycles. The number of aryl methyl sites for hydroxylation is 1. The van der Waals surface area contributed by atoms with Gasteiger partial charge in [0.15, 0.2) is 6.10 Å². The van der Waals surface area contributed by atoms with Gasteiger partial charge in [-0.3, -0.25) is 4.68 Å². The molecule has 0 aliphatic carbocycles. The topological polar surface area (TPSA) is 51.2 Å². The Morgan fingerprint density at radius 1 is 1.33 bits per heavy atom. The van der Waals surface area contributed by atoms with E-state index < -0.39 is 6.10 Å². The number of hydrogen-bond donors (Lipinski definition) is 1. The molecule has 3 aromatic rings. The summed E-state index contributed by atoms with van der Waals surface area (Å²) >= 11 is 0. The van der Waals surface area contributed by atoms with Crippen molar-refractivity contribution < 1.29 is 9.52 Å². The lowest BCUT2D eigenvalue weighted by Gasteiger charge is -2.09. The third kappa shape index (κ3) is 1.71. The molecule has 0 radical (unpaired) electrons. The van der Waals surface area contributed by atoms with Crippen LogP contribution in [0.5, 0.6) is 0 Å². The Balaban J connectivity index is 2.03. The maximum atomic E-state index is 10.3. The fraction of sp³-hybridized carbons (Fsp3) is 0.214. The molecule has 1 atom stereocenters. The van der Waals surface area contributed by atoms with Crippen molar-refractivity contribution in [3.8, 4) is 0 Å². The molecule has 0 spiro atoms. The lowest BCUT2D eigenvalue weighted by Crippen LogP contribution is -2.08. The summed E-state index contributed by atoms with van der Waals surface area (Å²) in [6, 6.07) is 11.4. The number of benzene rings is 1. The normalized spacial score (nSPS) is 13.0. The minimum atomic E-state index is -0.778. The Hall–Kier alpha value is -2.07. The molecule has 92 valence electrons. The van der Waals surface area contributed by atoms with Crippen LogP contribution >= 0.6 is 0 Å². The van der Waals surface area contributed by atoms with Gasteiger partial charge in [0.25, 0.3) is 0 Å². The van der Waals surface area contributed by atoms with Crippen molar-refractivity contribution in [3.63, 3.8) is 0 Å². The first-order valence-corrected chi connectivity index (χ1v) is 5.98. The molecule has 0 saturated carbocycles. The maximum Gasteiger partial charge on any atom is 0.153 e. The van der Waals surface area contributed by atoms with Crippen LogP contribution in [-0.4, -0.2) is 14.9 Å². The zero-order valence-electron chi connectivity index (χ0n) is 10.1. The summed E-state index contributed by atoms with van der Waals surface area (Å²) in [5.74, 6) is 0.548. The van der Waals surface area contributed by atoms with Gasteiger partial charge in [-0.25, -0.2) is 0 Å². The zero-order valence-corrected chi connectivity index (χ0v) is 10.1. The van der Waals surface area contributed by atoms with E-state index >= 15 is 0 Å². The van der Waals surface area contributed by atoms with Crippen LogP contribution in [0.15, 0.2) is 47.0 Å². The molecule has 1 aromatic carbocycles. The van der Waals surface area contributed by atoms with Gasteiger partial charge >= 0.3 is 0 Å². The quantitative estimate of drug-likeness (QED) is 0.768. The van der Waals surface area contributed by atoms with Gasteiger partial charge in [-0.1, -0.05) is 18.2 Å². The van der Waals surface area contributed by atoms with Crippen LogP contribution in [-0.2, 0) is 6.54 Å². The lowest BCUT2D eigenvalue weighted by atomic mass is 10.2. The smallest absolute Gasteiger partial charge is 0.153 e. The molecule has 1 N–H and O–H groups in total. The molecular formula is C14H14N2O2. The molecule has 2 aromatic heterocycles. The molecule has 0 fully saturated rings. The molecule has 0 bridgehead atoms. The summed E-state index contributed by atoms with van der Waals surface area (Å²) in [4.78, 5) is 0. The van der Waals surface area contributed by atoms with Crippen LogP contribution < -0.4 is 0 Å². The lowest BCUT2D eigenvalue weighted by molar-refractivity contribution is 0.181. The number of aromatic nitrogens is 2. The number of furan rings is 1. The predicted molar refractivity (Wildman–Crippen MR) is 68.2 cm³/mol. The van der Waals surface area contributed by atoms with E-state index in [4.69, 9.17) is 4.42 Å². The SMILES string of the molecule is CCn1nccc1C(O)c1cc2ccccc2o1. The van der Waals surface area contributed by atoms with Crippen molar-refractivity contribution in [2.24, 2.45) is 0 Å². The molecule has 0 amide bonds. The van der Waals surface area contributed by atoms with Gasteiger partial charge < -0.3 is 9.52 Å². The fourth-order valence-electron chi connectivity index (χ4n) is 2.12. The molecule has 1 unspecified atom stereocenters. The third-order valence-corrected chi connectivity index (χ3v) is 3.04. The molecule has 0 saturated heterocycles. The average molecular weight is 242 g/mol. The van der Waals surface area contributed by atoms with Gasteiger partial charge in [0, 0.05) is 18.1 Å². The number of fused-ring (bicyclic) bond motifs is 1. The average Bonchev–Trinajstić information content (AvgIpc) is 3.03. The van der Waals surface area contributed by atoms with E-state index in [2.05, 4.69) is 5.10 Å². The van der Waals surface area contributed by atoms with Crippen LogP contribution in [0.4, 0.5) is 0 Å². The Kier molecular flexibility index (Phi) is 2.64. The molecule has 4 nitrogen and oxygen atoms in total. The summed E-state index contributed by atoms with van der Waals surface area (Å²) in [5, 5.41) is 15.5. The predicted octanol–water partition coefficient (Wildman–Crippen LogP) is 2.73. The number of aliphatic hydroxyl groups is 1. The highest BCUT2D eigenvalue weighted by Crippen LogP contribution is 2.27. The summed E-state index contributed by atoms with van der Waals surface area (Å²) in [6.45, 7) is 2.71. The molecule has 4 heteroatoms. The van der Waals surface area contributed by atoms with Gasteiger partial charge in [0.05, 0.1) is 5.69 Å². The van der Waals surface area contributed by atoms with E-state index in [0.717, 1.165) is 23.2 Å². The van der Waals surface area contributed by atoms with Crippen LogP contribution in [0, 0.1) is 0 Å². The molecule has 0 aliphatic rings. The third-order valence-electron chi connectivity index (χ3n) is 3.04. The Morgan fingerprint density at radius 3 is 2.94 bits per heavy atom. The van der Waals surface area contributed by atoms with Crippen LogP contribution in [0.3, 0.4) is 0 Å². The zero-order chi connectivity index (χ0) is 12.5. The van der Waals surface area contributed by atoms with E-state index in [9.17, 15) is 5.11 Å². The van der Waals surface area contributed by atoms with Crippen molar-refractivity contribution in [2.45, 2.75) is 19.6 Å². The summed E-state index contributed by atoms with van der Waals surface area (Å²) < 4.78 is 7.42. The fourth-order valence-corrected chi connectivity index (χ4v) is 2.12. The molecular weight excluding hydrogens is 228 g/mol. The van der Waals surface area contributed by atoms with Gasteiger partial charge in [0.1, 0.15) is 11.3 Å². The van der Waals surface area contributed by atoms with Gasteiger partial charge in [-0.05, 0) is 25.1 Å². The van der Waals surface area contributed by atoms with E-state index in [0.29, 0.717) is 5.76 Å². The van der Waals surface area contributed by atoms with E-state index in [1.807, 2.05) is 37.3 Å². The molecule has 0 aliphatic heterocycles. The number of rotatable bonds is 3. The number of para-hydroxylation sites is 1. The highest BCUT2D eigenvalue weighted by atomic mass is 16.4. The molecule has 3 rings (SSSR count). The Labute approximate surface area is 104 Å². The minimum absolute atomic E-state index is 0.548. The van der Waals surface area contributed by atoms with E-state index in [-0.39, 0.29) is 0 Å². The summed E-state index contributed by atoms with van der Waals surface area (Å²) in [6.07, 6.45) is 0.907. The first-order valence-electron chi connectivity index (χ1n) is 5.98. The van der Waals surface area contributed by atoms with Crippen molar-refractivity contribution in [1.29, 1.82) is 0 Å². The van der Waals surface area contributed by atoms with E-state index in [1.54, 1.807) is 16.9 Å². The summed E-state index contributed by atoms with van der Waals surface area (Å²) in [5.41, 5.74) is 1.53. The monoisotopic (exact) mass is 242 g/mol. The maximum absolute atomic E-state index is 10.3. The number of nitrogens with zero attached hydrogens (tertiary/aromatic N) is 2. The van der Waals surface area contributed by atoms with Crippen LogP contribution in [0.2, 0.25) is 0 Å². The second-order valence-corrected chi connectivity index (χ2v) is 4.16. The number of aliphatic hydroxyl groups excluding tert-OH is 1. The second-order valence-electron chi connectivity index (χ2n) is 4.16. The first-order chi connectivity index (χ1) is 8.79. The van der Waals surface area contributed by atoms with Gasteiger partial charge in [-0.15, -0.1) is 0 Å². The number of hydrogen-bond acceptors (Lipinski definition) is 3. The van der Waals surface area contributed by atoms with E-state index in [1.165, 1.54) is 0 Å². The van der Waals surface area contributed by atoms with Crippen molar-refractivity contribution in [2.75, 3.05) is 0 Å². The summed E-state index contributed by atoms with van der Waals surface area (Å²) in [7, 11) is 0. The molecule has 18 heavy (non-hydrogen) atoms.